The van der Waals surface area contributed by atoms with Crippen LogP contribution in [0.25, 0.3) is 0 Å². The number of amidine groups is 1. The number of carbonyl (C=O) groups excluding carboxylic acids is 1. The molecule has 0 aliphatic heterocycles. The fraction of sp³-hybridized carbons (Fsp3) is 0.188. The zero-order valence-electron chi connectivity index (χ0n) is 12.4. The van der Waals surface area contributed by atoms with Crippen LogP contribution in [0.1, 0.15) is 17.3 Å². The van der Waals surface area contributed by atoms with E-state index in [-0.39, 0.29) is 5.91 Å². The summed E-state index contributed by atoms with van der Waals surface area (Å²) in [4.78, 5) is 22.1. The number of pyridine rings is 1. The lowest BCUT2D eigenvalue weighted by molar-refractivity contribution is 0.102. The Labute approximate surface area is 124 Å². The number of hydrogen-bond acceptors (Lipinski definition) is 3. The van der Waals surface area contributed by atoms with Gasteiger partial charge in [0, 0.05) is 37.9 Å². The van der Waals surface area contributed by atoms with Gasteiger partial charge in [0.2, 0.25) is 0 Å². The molecule has 1 amide bonds. The first-order chi connectivity index (χ1) is 10.1. The van der Waals surface area contributed by atoms with Crippen LogP contribution in [0.15, 0.2) is 53.8 Å². The summed E-state index contributed by atoms with van der Waals surface area (Å²) in [5.41, 5.74) is 2.29. The average molecular weight is 282 g/mol. The van der Waals surface area contributed by atoms with Crippen molar-refractivity contribution >= 4 is 23.1 Å². The molecule has 0 saturated heterocycles. The van der Waals surface area contributed by atoms with Gasteiger partial charge in [0.05, 0.1) is 11.4 Å². The maximum absolute atomic E-state index is 12.0. The van der Waals surface area contributed by atoms with Gasteiger partial charge in [0.1, 0.15) is 0 Å². The van der Waals surface area contributed by atoms with Crippen molar-refractivity contribution in [1.29, 1.82) is 0 Å². The Morgan fingerprint density at radius 1 is 1.24 bits per heavy atom. The van der Waals surface area contributed by atoms with E-state index < -0.39 is 0 Å². The summed E-state index contributed by atoms with van der Waals surface area (Å²) in [6, 6.07) is 11.1. The molecule has 2 rings (SSSR count). The van der Waals surface area contributed by atoms with E-state index in [0.29, 0.717) is 5.56 Å². The molecule has 5 nitrogen and oxygen atoms in total. The molecule has 0 saturated carbocycles. The number of aromatic nitrogens is 1. The minimum absolute atomic E-state index is 0.171. The minimum atomic E-state index is -0.171. The van der Waals surface area contributed by atoms with Crippen LogP contribution in [0, 0.1) is 0 Å². The highest BCUT2D eigenvalue weighted by molar-refractivity contribution is 6.04. The fourth-order valence-electron chi connectivity index (χ4n) is 1.81. The average Bonchev–Trinajstić information content (AvgIpc) is 2.55. The van der Waals surface area contributed by atoms with Gasteiger partial charge in [0.15, 0.2) is 0 Å². The number of amides is 1. The Balaban J connectivity index is 2.08. The van der Waals surface area contributed by atoms with Crippen LogP contribution in [0.3, 0.4) is 0 Å². The molecule has 1 aromatic carbocycles. The molecule has 0 atom stereocenters. The highest BCUT2D eigenvalue weighted by Crippen LogP contribution is 2.17. The second-order valence-corrected chi connectivity index (χ2v) is 4.57. The molecule has 2 aromatic rings. The van der Waals surface area contributed by atoms with E-state index in [4.69, 9.17) is 0 Å². The molecule has 0 aliphatic rings. The van der Waals surface area contributed by atoms with Crippen molar-refractivity contribution < 1.29 is 4.79 Å². The number of anilines is 2. The van der Waals surface area contributed by atoms with E-state index in [2.05, 4.69) is 15.3 Å². The van der Waals surface area contributed by atoms with Crippen molar-refractivity contribution in [3.8, 4) is 0 Å². The summed E-state index contributed by atoms with van der Waals surface area (Å²) in [5, 5.41) is 2.84. The molecule has 5 heteroatoms. The Hall–Kier alpha value is -2.69. The highest BCUT2D eigenvalue weighted by atomic mass is 16.1. The molecule has 108 valence electrons. The molecule has 1 N–H and O–H groups in total. The van der Waals surface area contributed by atoms with Crippen molar-refractivity contribution in [3.63, 3.8) is 0 Å². The van der Waals surface area contributed by atoms with Gasteiger partial charge in [-0.2, -0.15) is 0 Å². The molecule has 21 heavy (non-hydrogen) atoms. The van der Waals surface area contributed by atoms with E-state index >= 15 is 0 Å². The SMILES string of the molecule is CN=C(C)N(C)c1ccc(NC(=O)c2cccnc2)cc1. The lowest BCUT2D eigenvalue weighted by Gasteiger charge is -2.18. The van der Waals surface area contributed by atoms with Gasteiger partial charge in [-0.1, -0.05) is 0 Å². The van der Waals surface area contributed by atoms with Crippen LogP contribution in [0.2, 0.25) is 0 Å². The largest absolute Gasteiger partial charge is 0.334 e. The molecule has 1 aromatic heterocycles. The third-order valence-corrected chi connectivity index (χ3v) is 3.25. The molecule has 0 radical (unpaired) electrons. The summed E-state index contributed by atoms with van der Waals surface area (Å²) >= 11 is 0. The molecular formula is C16H18N4O. The Morgan fingerprint density at radius 3 is 2.52 bits per heavy atom. The molecule has 0 aliphatic carbocycles. The van der Waals surface area contributed by atoms with Crippen LogP contribution in [-0.2, 0) is 0 Å². The first kappa shape index (κ1) is 14.7. The number of nitrogens with one attached hydrogen (secondary N) is 1. The summed E-state index contributed by atoms with van der Waals surface area (Å²) in [6.45, 7) is 1.94. The first-order valence-electron chi connectivity index (χ1n) is 6.60. The monoisotopic (exact) mass is 282 g/mol. The number of rotatable bonds is 3. The topological polar surface area (TPSA) is 57.6 Å². The first-order valence-corrected chi connectivity index (χ1v) is 6.60. The zero-order valence-corrected chi connectivity index (χ0v) is 12.4. The van der Waals surface area contributed by atoms with Gasteiger partial charge >= 0.3 is 0 Å². The summed E-state index contributed by atoms with van der Waals surface area (Å²) < 4.78 is 0. The molecule has 0 bridgehead atoms. The van der Waals surface area contributed by atoms with E-state index in [9.17, 15) is 4.79 Å². The van der Waals surface area contributed by atoms with Crippen molar-refractivity contribution in [3.05, 3.63) is 54.4 Å². The van der Waals surface area contributed by atoms with Crippen LogP contribution in [0.5, 0.6) is 0 Å². The molecule has 0 spiro atoms. The second kappa shape index (κ2) is 6.65. The smallest absolute Gasteiger partial charge is 0.257 e. The summed E-state index contributed by atoms with van der Waals surface area (Å²) in [5.74, 6) is 0.748. The Bertz CT molecular complexity index is 635. The van der Waals surface area contributed by atoms with Crippen molar-refractivity contribution in [1.82, 2.24) is 4.98 Å². The third-order valence-electron chi connectivity index (χ3n) is 3.25. The van der Waals surface area contributed by atoms with Crippen LogP contribution in [-0.4, -0.2) is 30.8 Å². The van der Waals surface area contributed by atoms with Gasteiger partial charge in [-0.05, 0) is 43.3 Å². The Kier molecular flexibility index (Phi) is 4.66. The standard InChI is InChI=1S/C16H18N4O/c1-12(17-2)20(3)15-8-6-14(7-9-15)19-16(21)13-5-4-10-18-11-13/h4-11H,1-3H3,(H,19,21). The molecule has 0 fully saturated rings. The predicted molar refractivity (Wildman–Crippen MR) is 86.1 cm³/mol. The Morgan fingerprint density at radius 2 is 1.95 bits per heavy atom. The van der Waals surface area contributed by atoms with Crippen molar-refractivity contribution in [2.75, 3.05) is 24.3 Å². The minimum Gasteiger partial charge on any atom is -0.334 e. The number of carbonyl (C=O) groups is 1. The van der Waals surface area contributed by atoms with Gasteiger partial charge in [-0.3, -0.25) is 14.8 Å². The number of nitrogens with zero attached hydrogens (tertiary/aromatic N) is 3. The van der Waals surface area contributed by atoms with E-state index in [0.717, 1.165) is 17.2 Å². The zero-order chi connectivity index (χ0) is 15.2. The number of hydrogen-bond donors (Lipinski definition) is 1. The maximum Gasteiger partial charge on any atom is 0.257 e. The number of aliphatic imine (C=N–C) groups is 1. The number of benzene rings is 1. The third kappa shape index (κ3) is 3.66. The lowest BCUT2D eigenvalue weighted by Crippen LogP contribution is -2.23. The van der Waals surface area contributed by atoms with Gasteiger partial charge in [-0.25, -0.2) is 0 Å². The molecule has 0 unspecified atom stereocenters. The van der Waals surface area contributed by atoms with E-state index in [1.54, 1.807) is 31.6 Å². The van der Waals surface area contributed by atoms with Crippen molar-refractivity contribution in [2.45, 2.75) is 6.92 Å². The predicted octanol–water partition coefficient (Wildman–Crippen LogP) is 2.82. The second-order valence-electron chi connectivity index (χ2n) is 4.57. The van der Waals surface area contributed by atoms with E-state index in [1.807, 2.05) is 43.1 Å². The van der Waals surface area contributed by atoms with Gasteiger partial charge in [-0.15, -0.1) is 0 Å². The van der Waals surface area contributed by atoms with Crippen LogP contribution >= 0.6 is 0 Å². The van der Waals surface area contributed by atoms with Crippen molar-refractivity contribution in [2.24, 2.45) is 4.99 Å². The van der Waals surface area contributed by atoms with Gasteiger partial charge in [0.25, 0.3) is 5.91 Å². The van der Waals surface area contributed by atoms with Crippen LogP contribution < -0.4 is 10.2 Å². The van der Waals surface area contributed by atoms with Crippen LogP contribution in [0.4, 0.5) is 11.4 Å². The summed E-state index contributed by atoms with van der Waals surface area (Å²) in [7, 11) is 3.71. The van der Waals surface area contributed by atoms with E-state index in [1.165, 1.54) is 0 Å². The highest BCUT2D eigenvalue weighted by Gasteiger charge is 2.07. The van der Waals surface area contributed by atoms with Gasteiger partial charge < -0.3 is 10.2 Å². The quantitative estimate of drug-likeness (QED) is 0.695. The molecule has 1 heterocycles. The normalized spacial score (nSPS) is 11.1. The molecular weight excluding hydrogens is 264 g/mol. The maximum atomic E-state index is 12.0. The fourth-order valence-corrected chi connectivity index (χ4v) is 1.81. The summed E-state index contributed by atoms with van der Waals surface area (Å²) in [6.07, 6.45) is 3.18. The lowest BCUT2D eigenvalue weighted by atomic mass is 10.2.